The van der Waals surface area contributed by atoms with Crippen molar-refractivity contribution in [3.63, 3.8) is 0 Å². The fraction of sp³-hybridized carbons (Fsp3) is 0.176. The van der Waals surface area contributed by atoms with Crippen molar-refractivity contribution in [3.05, 3.63) is 56.5 Å². The van der Waals surface area contributed by atoms with E-state index >= 15 is 0 Å². The van der Waals surface area contributed by atoms with Crippen molar-refractivity contribution in [2.75, 3.05) is 18.1 Å². The van der Waals surface area contributed by atoms with E-state index in [4.69, 9.17) is 27.9 Å². The van der Waals surface area contributed by atoms with Crippen molar-refractivity contribution < 1.29 is 14.3 Å². The predicted octanol–water partition coefficient (Wildman–Crippen LogP) is 4.75. The summed E-state index contributed by atoms with van der Waals surface area (Å²) in [5.74, 6) is -0.369. The molecule has 3 rings (SSSR count). The zero-order chi connectivity index (χ0) is 17.3. The molecule has 0 N–H and O–H groups in total. The summed E-state index contributed by atoms with van der Waals surface area (Å²) >= 11 is 15.1. The normalized spacial score (nSPS) is 13.4. The minimum Gasteiger partial charge on any atom is -0.493 e. The van der Waals surface area contributed by atoms with Crippen molar-refractivity contribution in [3.8, 4) is 5.75 Å². The topological polar surface area (TPSA) is 46.6 Å². The number of Topliss-reactive ketones (excluding diaryl/α,β-unsaturated/α-hetero) is 1. The summed E-state index contributed by atoms with van der Waals surface area (Å²) in [5.41, 5.74) is 1.07. The van der Waals surface area contributed by atoms with Crippen LogP contribution < -0.4 is 9.64 Å². The van der Waals surface area contributed by atoms with Gasteiger partial charge in [0.25, 0.3) is 11.7 Å². The van der Waals surface area contributed by atoms with E-state index in [2.05, 4.69) is 15.9 Å². The lowest BCUT2D eigenvalue weighted by atomic mass is 10.1. The number of hydrogen-bond donors (Lipinski definition) is 0. The van der Waals surface area contributed by atoms with Crippen LogP contribution >= 0.6 is 39.1 Å². The van der Waals surface area contributed by atoms with E-state index in [1.807, 2.05) is 6.07 Å². The van der Waals surface area contributed by atoms with Crippen molar-refractivity contribution >= 4 is 56.5 Å². The molecule has 0 aromatic heterocycles. The molecule has 1 amide bonds. The SMILES string of the molecule is O=C1C(=O)N(CCCOc2ccc(Cl)c(Cl)c2)c2ccc(Br)cc21. The zero-order valence-corrected chi connectivity index (χ0v) is 15.5. The van der Waals surface area contributed by atoms with Gasteiger partial charge in [-0.2, -0.15) is 0 Å². The van der Waals surface area contributed by atoms with E-state index in [9.17, 15) is 9.59 Å². The Hall–Kier alpha value is -1.56. The van der Waals surface area contributed by atoms with Crippen molar-refractivity contribution in [2.45, 2.75) is 6.42 Å². The van der Waals surface area contributed by atoms with Crippen molar-refractivity contribution in [2.24, 2.45) is 0 Å². The maximum Gasteiger partial charge on any atom is 0.299 e. The van der Waals surface area contributed by atoms with Gasteiger partial charge in [0.15, 0.2) is 0 Å². The molecule has 1 heterocycles. The number of anilines is 1. The Morgan fingerprint density at radius 1 is 1.04 bits per heavy atom. The van der Waals surface area contributed by atoms with Gasteiger partial charge in [-0.05, 0) is 36.8 Å². The monoisotopic (exact) mass is 427 g/mol. The number of carbonyl (C=O) groups is 2. The number of rotatable bonds is 5. The Kier molecular flexibility index (Phi) is 5.13. The summed E-state index contributed by atoms with van der Waals surface area (Å²) in [6.07, 6.45) is 0.578. The molecule has 1 aliphatic heterocycles. The fourth-order valence-electron chi connectivity index (χ4n) is 2.47. The number of ketones is 1. The number of halogens is 3. The number of nitrogens with zero attached hydrogens (tertiary/aromatic N) is 1. The molecule has 0 saturated carbocycles. The van der Waals surface area contributed by atoms with Crippen LogP contribution in [0, 0.1) is 0 Å². The minimum atomic E-state index is -0.502. The van der Waals surface area contributed by atoms with Gasteiger partial charge in [0.1, 0.15) is 5.75 Å². The first-order chi connectivity index (χ1) is 11.5. The maximum absolute atomic E-state index is 12.1. The van der Waals surface area contributed by atoms with E-state index in [1.54, 1.807) is 30.3 Å². The number of amides is 1. The van der Waals surface area contributed by atoms with Crippen LogP contribution in [0.1, 0.15) is 16.8 Å². The summed E-state index contributed by atoms with van der Waals surface area (Å²) < 4.78 is 6.37. The van der Waals surface area contributed by atoms with Crippen molar-refractivity contribution in [1.29, 1.82) is 0 Å². The van der Waals surface area contributed by atoms with E-state index < -0.39 is 11.7 Å². The zero-order valence-electron chi connectivity index (χ0n) is 12.4. The molecule has 124 valence electrons. The molecule has 4 nitrogen and oxygen atoms in total. The Morgan fingerprint density at radius 3 is 2.58 bits per heavy atom. The smallest absolute Gasteiger partial charge is 0.299 e. The third kappa shape index (κ3) is 3.43. The molecule has 0 saturated heterocycles. The summed E-state index contributed by atoms with van der Waals surface area (Å²) in [6, 6.07) is 10.3. The van der Waals surface area contributed by atoms with Gasteiger partial charge in [-0.15, -0.1) is 0 Å². The van der Waals surface area contributed by atoms with Gasteiger partial charge < -0.3 is 9.64 Å². The van der Waals surface area contributed by atoms with Gasteiger partial charge in [0.05, 0.1) is 27.9 Å². The first kappa shape index (κ1) is 17.3. The number of ether oxygens (including phenoxy) is 1. The number of benzene rings is 2. The molecule has 1 aliphatic rings. The molecule has 2 aromatic rings. The van der Waals surface area contributed by atoms with Crippen LogP contribution in [-0.2, 0) is 4.79 Å². The highest BCUT2D eigenvalue weighted by Gasteiger charge is 2.35. The molecule has 0 radical (unpaired) electrons. The Morgan fingerprint density at radius 2 is 1.83 bits per heavy atom. The first-order valence-electron chi connectivity index (χ1n) is 7.21. The van der Waals surface area contributed by atoms with Crippen LogP contribution in [0.25, 0.3) is 0 Å². The van der Waals surface area contributed by atoms with Gasteiger partial charge in [-0.3, -0.25) is 9.59 Å². The quantitative estimate of drug-likeness (QED) is 0.509. The molecule has 24 heavy (non-hydrogen) atoms. The van der Waals surface area contributed by atoms with Gasteiger partial charge in [-0.1, -0.05) is 39.1 Å². The molecular weight excluding hydrogens is 417 g/mol. The third-order valence-electron chi connectivity index (χ3n) is 3.62. The second-order valence-electron chi connectivity index (χ2n) is 5.23. The number of carbonyl (C=O) groups excluding carboxylic acids is 2. The summed E-state index contributed by atoms with van der Waals surface area (Å²) in [4.78, 5) is 25.6. The Labute approximate surface area is 157 Å². The van der Waals surface area contributed by atoms with E-state index in [0.717, 1.165) is 4.47 Å². The second kappa shape index (κ2) is 7.13. The van der Waals surface area contributed by atoms with Crippen LogP contribution in [0.2, 0.25) is 10.0 Å². The molecule has 0 fully saturated rings. The molecule has 0 spiro atoms. The van der Waals surface area contributed by atoms with Gasteiger partial charge in [-0.25, -0.2) is 0 Å². The third-order valence-corrected chi connectivity index (χ3v) is 4.85. The largest absolute Gasteiger partial charge is 0.493 e. The molecule has 2 aromatic carbocycles. The molecule has 0 aliphatic carbocycles. The molecule has 7 heteroatoms. The van der Waals surface area contributed by atoms with Crippen LogP contribution in [0.4, 0.5) is 5.69 Å². The average Bonchev–Trinajstić information content (AvgIpc) is 2.79. The van der Waals surface area contributed by atoms with E-state index in [0.29, 0.717) is 46.6 Å². The van der Waals surface area contributed by atoms with Crippen LogP contribution in [-0.4, -0.2) is 24.8 Å². The van der Waals surface area contributed by atoms with Crippen molar-refractivity contribution in [1.82, 2.24) is 0 Å². The molecular formula is C17H12BrCl2NO3. The standard InChI is InChI=1S/C17H12BrCl2NO3/c18-10-2-5-15-12(8-10)16(22)17(23)21(15)6-1-7-24-11-3-4-13(19)14(20)9-11/h2-5,8-9H,1,6-7H2. The highest BCUT2D eigenvalue weighted by atomic mass is 79.9. The lowest BCUT2D eigenvalue weighted by Gasteiger charge is -2.16. The van der Waals surface area contributed by atoms with E-state index in [1.165, 1.54) is 4.90 Å². The highest BCUT2D eigenvalue weighted by molar-refractivity contribution is 9.10. The Balaban J connectivity index is 1.60. The summed E-state index contributed by atoms with van der Waals surface area (Å²) in [6.45, 7) is 0.794. The van der Waals surface area contributed by atoms with Crippen LogP contribution in [0.15, 0.2) is 40.9 Å². The summed E-state index contributed by atoms with van der Waals surface area (Å²) in [5, 5.41) is 0.891. The van der Waals surface area contributed by atoms with Crippen LogP contribution in [0.3, 0.4) is 0 Å². The molecule has 0 unspecified atom stereocenters. The van der Waals surface area contributed by atoms with Gasteiger partial charge in [0, 0.05) is 17.1 Å². The first-order valence-corrected chi connectivity index (χ1v) is 8.76. The second-order valence-corrected chi connectivity index (χ2v) is 6.96. The molecule has 0 atom stereocenters. The number of fused-ring (bicyclic) bond motifs is 1. The maximum atomic E-state index is 12.1. The average molecular weight is 429 g/mol. The fourth-order valence-corrected chi connectivity index (χ4v) is 3.12. The van der Waals surface area contributed by atoms with Gasteiger partial charge >= 0.3 is 0 Å². The minimum absolute atomic E-state index is 0.391. The lowest BCUT2D eigenvalue weighted by molar-refractivity contribution is -0.114. The van der Waals surface area contributed by atoms with Crippen LogP contribution in [0.5, 0.6) is 5.75 Å². The number of hydrogen-bond acceptors (Lipinski definition) is 3. The highest BCUT2D eigenvalue weighted by Crippen LogP contribution is 2.31. The molecule has 0 bridgehead atoms. The predicted molar refractivity (Wildman–Crippen MR) is 97.4 cm³/mol. The summed E-state index contributed by atoms with van der Waals surface area (Å²) in [7, 11) is 0. The lowest BCUT2D eigenvalue weighted by Crippen LogP contribution is -2.31. The van der Waals surface area contributed by atoms with Gasteiger partial charge in [0.2, 0.25) is 0 Å². The Bertz CT molecular complexity index is 825. The van der Waals surface area contributed by atoms with E-state index in [-0.39, 0.29) is 0 Å².